The van der Waals surface area contributed by atoms with Gasteiger partial charge in [-0.1, -0.05) is 18.2 Å². The summed E-state index contributed by atoms with van der Waals surface area (Å²) in [5.41, 5.74) is 2.53. The van der Waals surface area contributed by atoms with E-state index in [4.69, 9.17) is 4.74 Å². The van der Waals surface area contributed by atoms with Crippen molar-refractivity contribution in [1.29, 1.82) is 0 Å². The summed E-state index contributed by atoms with van der Waals surface area (Å²) in [5, 5.41) is 2.85. The summed E-state index contributed by atoms with van der Waals surface area (Å²) in [6.07, 6.45) is 1.61. The SMILES string of the molecule is CCOc1ccc(CNC(=O)c2ccccn2)cc1C. The number of hydrogen-bond donors (Lipinski definition) is 1. The van der Waals surface area contributed by atoms with Crippen LogP contribution in [0.4, 0.5) is 0 Å². The molecule has 0 bridgehead atoms. The van der Waals surface area contributed by atoms with Crippen LogP contribution < -0.4 is 10.1 Å². The summed E-state index contributed by atoms with van der Waals surface area (Å²) >= 11 is 0. The summed E-state index contributed by atoms with van der Waals surface area (Å²) in [5.74, 6) is 0.712. The van der Waals surface area contributed by atoms with E-state index in [0.717, 1.165) is 16.9 Å². The monoisotopic (exact) mass is 270 g/mol. The second kappa shape index (κ2) is 6.70. The van der Waals surface area contributed by atoms with Gasteiger partial charge in [-0.25, -0.2) is 0 Å². The van der Waals surface area contributed by atoms with Crippen molar-refractivity contribution in [2.45, 2.75) is 20.4 Å². The number of aromatic nitrogens is 1. The Labute approximate surface area is 118 Å². The van der Waals surface area contributed by atoms with Crippen LogP contribution in [0.15, 0.2) is 42.6 Å². The number of carbonyl (C=O) groups is 1. The van der Waals surface area contributed by atoms with Crippen LogP contribution in [0.5, 0.6) is 5.75 Å². The maximum absolute atomic E-state index is 11.9. The van der Waals surface area contributed by atoms with Crippen molar-refractivity contribution >= 4 is 5.91 Å². The fraction of sp³-hybridized carbons (Fsp3) is 0.250. The largest absolute Gasteiger partial charge is 0.494 e. The number of benzene rings is 1. The van der Waals surface area contributed by atoms with E-state index in [-0.39, 0.29) is 5.91 Å². The minimum atomic E-state index is -0.169. The highest BCUT2D eigenvalue weighted by atomic mass is 16.5. The number of aryl methyl sites for hydroxylation is 1. The lowest BCUT2D eigenvalue weighted by atomic mass is 10.1. The first-order valence-corrected chi connectivity index (χ1v) is 6.62. The van der Waals surface area contributed by atoms with Crippen LogP contribution in [-0.4, -0.2) is 17.5 Å². The van der Waals surface area contributed by atoms with E-state index < -0.39 is 0 Å². The fourth-order valence-electron chi connectivity index (χ4n) is 1.91. The van der Waals surface area contributed by atoms with E-state index in [1.165, 1.54) is 0 Å². The molecule has 0 atom stereocenters. The topological polar surface area (TPSA) is 51.2 Å². The maximum Gasteiger partial charge on any atom is 0.270 e. The molecule has 1 N–H and O–H groups in total. The van der Waals surface area contributed by atoms with Crippen LogP contribution in [-0.2, 0) is 6.54 Å². The Bertz CT molecular complexity index is 582. The van der Waals surface area contributed by atoms with Gasteiger partial charge in [-0.3, -0.25) is 9.78 Å². The molecule has 4 heteroatoms. The molecule has 2 aromatic rings. The molecule has 0 spiro atoms. The highest BCUT2D eigenvalue weighted by molar-refractivity contribution is 5.92. The Morgan fingerprint density at radius 3 is 2.80 bits per heavy atom. The number of ether oxygens (including phenoxy) is 1. The molecule has 0 aliphatic carbocycles. The first kappa shape index (κ1) is 14.1. The molecule has 0 saturated carbocycles. The average molecular weight is 270 g/mol. The zero-order valence-electron chi connectivity index (χ0n) is 11.7. The highest BCUT2D eigenvalue weighted by Crippen LogP contribution is 2.19. The molecule has 1 aromatic heterocycles. The van der Waals surface area contributed by atoms with Gasteiger partial charge in [0.05, 0.1) is 6.61 Å². The van der Waals surface area contributed by atoms with Crippen molar-refractivity contribution < 1.29 is 9.53 Å². The molecule has 20 heavy (non-hydrogen) atoms. The molecule has 0 aliphatic heterocycles. The van der Waals surface area contributed by atoms with Crippen LogP contribution in [0.1, 0.15) is 28.5 Å². The van der Waals surface area contributed by atoms with Crippen molar-refractivity contribution in [1.82, 2.24) is 10.3 Å². The predicted octanol–water partition coefficient (Wildman–Crippen LogP) is 2.72. The van der Waals surface area contributed by atoms with Gasteiger partial charge < -0.3 is 10.1 Å². The number of rotatable bonds is 5. The van der Waals surface area contributed by atoms with E-state index >= 15 is 0 Å². The highest BCUT2D eigenvalue weighted by Gasteiger charge is 2.06. The Kier molecular flexibility index (Phi) is 4.71. The van der Waals surface area contributed by atoms with Crippen LogP contribution >= 0.6 is 0 Å². The third-order valence-corrected chi connectivity index (χ3v) is 2.89. The van der Waals surface area contributed by atoms with Gasteiger partial charge in [0.15, 0.2) is 0 Å². The van der Waals surface area contributed by atoms with Gasteiger partial charge in [-0.2, -0.15) is 0 Å². The van der Waals surface area contributed by atoms with Crippen molar-refractivity contribution in [2.75, 3.05) is 6.61 Å². The first-order valence-electron chi connectivity index (χ1n) is 6.62. The Hall–Kier alpha value is -2.36. The van der Waals surface area contributed by atoms with Crippen molar-refractivity contribution in [3.05, 3.63) is 59.4 Å². The third-order valence-electron chi connectivity index (χ3n) is 2.89. The molecule has 0 fully saturated rings. The molecule has 1 aromatic carbocycles. The van der Waals surface area contributed by atoms with E-state index in [0.29, 0.717) is 18.8 Å². The zero-order chi connectivity index (χ0) is 14.4. The lowest BCUT2D eigenvalue weighted by Crippen LogP contribution is -2.23. The number of nitrogens with zero attached hydrogens (tertiary/aromatic N) is 1. The summed E-state index contributed by atoms with van der Waals surface area (Å²) < 4.78 is 5.49. The summed E-state index contributed by atoms with van der Waals surface area (Å²) in [6, 6.07) is 11.2. The Morgan fingerprint density at radius 1 is 1.30 bits per heavy atom. The molecular formula is C16H18N2O2. The second-order valence-electron chi connectivity index (χ2n) is 4.43. The average Bonchev–Trinajstić information content (AvgIpc) is 2.48. The standard InChI is InChI=1S/C16H18N2O2/c1-3-20-15-8-7-13(10-12(15)2)11-18-16(19)14-6-4-5-9-17-14/h4-10H,3,11H2,1-2H3,(H,18,19). The normalized spacial score (nSPS) is 10.1. The molecule has 4 nitrogen and oxygen atoms in total. The van der Waals surface area contributed by atoms with Gasteiger partial charge in [-0.15, -0.1) is 0 Å². The number of amides is 1. The number of carbonyl (C=O) groups excluding carboxylic acids is 1. The van der Waals surface area contributed by atoms with E-state index in [9.17, 15) is 4.79 Å². The lowest BCUT2D eigenvalue weighted by molar-refractivity contribution is 0.0946. The van der Waals surface area contributed by atoms with Crippen LogP contribution in [0, 0.1) is 6.92 Å². The minimum Gasteiger partial charge on any atom is -0.494 e. The maximum atomic E-state index is 11.9. The zero-order valence-corrected chi connectivity index (χ0v) is 11.7. The van der Waals surface area contributed by atoms with Gasteiger partial charge in [0.1, 0.15) is 11.4 Å². The summed E-state index contributed by atoms with van der Waals surface area (Å²) in [6.45, 7) is 5.08. The molecule has 1 heterocycles. The number of pyridine rings is 1. The minimum absolute atomic E-state index is 0.169. The molecule has 2 rings (SSSR count). The van der Waals surface area contributed by atoms with Crippen molar-refractivity contribution in [3.8, 4) is 5.75 Å². The van der Waals surface area contributed by atoms with E-state index in [1.54, 1.807) is 24.4 Å². The third kappa shape index (κ3) is 3.57. The summed E-state index contributed by atoms with van der Waals surface area (Å²) in [7, 11) is 0. The van der Waals surface area contributed by atoms with Gasteiger partial charge in [0.25, 0.3) is 5.91 Å². The van der Waals surface area contributed by atoms with Gasteiger partial charge in [-0.05, 0) is 43.2 Å². The van der Waals surface area contributed by atoms with Gasteiger partial charge in [0.2, 0.25) is 0 Å². The van der Waals surface area contributed by atoms with E-state index in [1.807, 2.05) is 32.0 Å². The summed E-state index contributed by atoms with van der Waals surface area (Å²) in [4.78, 5) is 15.9. The predicted molar refractivity (Wildman–Crippen MR) is 77.8 cm³/mol. The van der Waals surface area contributed by atoms with Gasteiger partial charge >= 0.3 is 0 Å². The lowest BCUT2D eigenvalue weighted by Gasteiger charge is -2.10. The molecular weight excluding hydrogens is 252 g/mol. The van der Waals surface area contributed by atoms with Crippen LogP contribution in [0.3, 0.4) is 0 Å². The molecule has 104 valence electrons. The second-order valence-corrected chi connectivity index (χ2v) is 4.43. The van der Waals surface area contributed by atoms with Crippen molar-refractivity contribution in [3.63, 3.8) is 0 Å². The molecule has 0 unspecified atom stereocenters. The van der Waals surface area contributed by atoms with Gasteiger partial charge in [0, 0.05) is 12.7 Å². The molecule has 0 saturated heterocycles. The fourth-order valence-corrected chi connectivity index (χ4v) is 1.91. The van der Waals surface area contributed by atoms with Crippen LogP contribution in [0.2, 0.25) is 0 Å². The number of nitrogens with one attached hydrogen (secondary N) is 1. The smallest absolute Gasteiger partial charge is 0.270 e. The van der Waals surface area contributed by atoms with Crippen LogP contribution in [0.25, 0.3) is 0 Å². The Balaban J connectivity index is 1.97. The first-order chi connectivity index (χ1) is 9.70. The van der Waals surface area contributed by atoms with Crippen molar-refractivity contribution in [2.24, 2.45) is 0 Å². The molecule has 0 aliphatic rings. The quantitative estimate of drug-likeness (QED) is 0.908. The molecule has 0 radical (unpaired) electrons. The number of hydrogen-bond acceptors (Lipinski definition) is 3. The van der Waals surface area contributed by atoms with E-state index in [2.05, 4.69) is 10.3 Å². The Morgan fingerprint density at radius 2 is 2.15 bits per heavy atom. The molecule has 1 amide bonds.